The Hall–Kier alpha value is -7.16. The van der Waals surface area contributed by atoms with Gasteiger partial charge in [-0.25, -0.2) is 0 Å². The van der Waals surface area contributed by atoms with Gasteiger partial charge in [0.1, 0.15) is 11.2 Å². The van der Waals surface area contributed by atoms with E-state index < -0.39 is 5.41 Å². The summed E-state index contributed by atoms with van der Waals surface area (Å²) in [6.07, 6.45) is 0. The van der Waals surface area contributed by atoms with Gasteiger partial charge in [-0.2, -0.15) is 0 Å². The van der Waals surface area contributed by atoms with E-state index in [4.69, 9.17) is 4.42 Å². The van der Waals surface area contributed by atoms with Crippen molar-refractivity contribution in [2.75, 3.05) is 4.90 Å². The average molecular weight is 702 g/mol. The normalized spacial score (nSPS) is 12.9. The molecule has 0 saturated heterocycles. The summed E-state index contributed by atoms with van der Waals surface area (Å²) in [7, 11) is 0. The Balaban J connectivity index is 1.19. The number of fused-ring (bicyclic) bond motifs is 8. The largest absolute Gasteiger partial charge is 0.456 e. The molecule has 0 fully saturated rings. The lowest BCUT2D eigenvalue weighted by atomic mass is 9.68. The number of rotatable bonds is 6. The first-order valence-corrected chi connectivity index (χ1v) is 18.9. The summed E-state index contributed by atoms with van der Waals surface area (Å²) in [6.45, 7) is 0. The van der Waals surface area contributed by atoms with Crippen molar-refractivity contribution in [2.24, 2.45) is 0 Å². The number of hydrogen-bond donors (Lipinski definition) is 0. The number of nitrogens with zero attached hydrogens (tertiary/aromatic N) is 1. The van der Waals surface area contributed by atoms with E-state index >= 15 is 0 Å². The second kappa shape index (κ2) is 12.5. The van der Waals surface area contributed by atoms with Crippen LogP contribution in [0.2, 0.25) is 0 Å². The van der Waals surface area contributed by atoms with Crippen molar-refractivity contribution in [3.8, 4) is 22.3 Å². The second-order valence-electron chi connectivity index (χ2n) is 14.4. The Morgan fingerprint density at radius 1 is 0.400 bits per heavy atom. The van der Waals surface area contributed by atoms with Crippen LogP contribution in [-0.4, -0.2) is 0 Å². The molecule has 0 unspecified atom stereocenters. The van der Waals surface area contributed by atoms with Crippen molar-refractivity contribution in [3.05, 3.63) is 235 Å². The zero-order valence-corrected chi connectivity index (χ0v) is 30.1. The molecule has 9 aromatic carbocycles. The highest BCUT2D eigenvalue weighted by Crippen LogP contribution is 2.59. The zero-order chi connectivity index (χ0) is 36.3. The quantitative estimate of drug-likeness (QED) is 0.172. The predicted molar refractivity (Wildman–Crippen MR) is 229 cm³/mol. The van der Waals surface area contributed by atoms with Gasteiger partial charge < -0.3 is 9.32 Å². The highest BCUT2D eigenvalue weighted by Gasteiger charge is 2.47. The van der Waals surface area contributed by atoms with Crippen LogP contribution in [-0.2, 0) is 5.41 Å². The predicted octanol–water partition coefficient (Wildman–Crippen LogP) is 14.2. The first-order chi connectivity index (χ1) is 27.3. The lowest BCUT2D eigenvalue weighted by Crippen LogP contribution is -2.28. The van der Waals surface area contributed by atoms with E-state index in [0.29, 0.717) is 0 Å². The summed E-state index contributed by atoms with van der Waals surface area (Å²) < 4.78 is 6.67. The van der Waals surface area contributed by atoms with E-state index in [1.807, 2.05) is 0 Å². The molecule has 0 saturated carbocycles. The van der Waals surface area contributed by atoms with Crippen LogP contribution in [0.1, 0.15) is 22.3 Å². The van der Waals surface area contributed by atoms with Gasteiger partial charge in [-0.15, -0.1) is 0 Å². The van der Waals surface area contributed by atoms with Crippen molar-refractivity contribution < 1.29 is 4.42 Å². The highest BCUT2D eigenvalue weighted by atomic mass is 16.3. The van der Waals surface area contributed by atoms with E-state index in [0.717, 1.165) is 39.0 Å². The minimum absolute atomic E-state index is 0.503. The van der Waals surface area contributed by atoms with Gasteiger partial charge in [0.15, 0.2) is 0 Å². The van der Waals surface area contributed by atoms with Crippen molar-refractivity contribution in [1.29, 1.82) is 0 Å². The van der Waals surface area contributed by atoms with Crippen LogP contribution in [0.3, 0.4) is 0 Å². The average Bonchev–Trinajstić information content (AvgIpc) is 3.79. The molecule has 0 amide bonds. The van der Waals surface area contributed by atoms with Crippen molar-refractivity contribution >= 4 is 49.8 Å². The summed E-state index contributed by atoms with van der Waals surface area (Å²) in [5.41, 5.74) is 14.4. The molecular formula is C53H35NO. The van der Waals surface area contributed by atoms with Gasteiger partial charge in [0.25, 0.3) is 0 Å². The minimum Gasteiger partial charge on any atom is -0.456 e. The maximum absolute atomic E-state index is 6.67. The van der Waals surface area contributed by atoms with Gasteiger partial charge in [-0.3, -0.25) is 0 Å². The summed E-state index contributed by atoms with van der Waals surface area (Å²) in [6, 6.07) is 76.9. The number of benzene rings is 9. The fourth-order valence-corrected chi connectivity index (χ4v) is 9.19. The number of hydrogen-bond acceptors (Lipinski definition) is 2. The Morgan fingerprint density at radius 3 is 1.78 bits per heavy atom. The summed E-state index contributed by atoms with van der Waals surface area (Å²) >= 11 is 0. The third-order valence-electron chi connectivity index (χ3n) is 11.5. The fourth-order valence-electron chi connectivity index (χ4n) is 9.19. The first kappa shape index (κ1) is 31.4. The lowest BCUT2D eigenvalue weighted by molar-refractivity contribution is 0.669. The van der Waals surface area contributed by atoms with Crippen molar-refractivity contribution in [3.63, 3.8) is 0 Å². The standard InChI is InChI=1S/C53H35NO/c1-4-15-36(16-5-1)37-27-30-41(31-28-37)54(42-32-33-45-50(35-42)55-49-34-29-38-17-10-11-22-43(38)51(45)49)48-26-14-25-47-52(48)44-23-12-13-24-46(44)53(47,39-18-6-2-7-19-39)40-20-8-3-9-21-40/h1-35H. The van der Waals surface area contributed by atoms with E-state index in [-0.39, 0.29) is 0 Å². The van der Waals surface area contributed by atoms with Gasteiger partial charge >= 0.3 is 0 Å². The molecular weight excluding hydrogens is 667 g/mol. The number of furan rings is 1. The monoisotopic (exact) mass is 701 g/mol. The molecule has 2 heteroatoms. The van der Waals surface area contributed by atoms with Crippen LogP contribution in [0.15, 0.2) is 217 Å². The lowest BCUT2D eigenvalue weighted by Gasteiger charge is -2.34. The Labute approximate surface area is 320 Å². The summed E-state index contributed by atoms with van der Waals surface area (Å²) in [5, 5.41) is 4.69. The molecule has 258 valence electrons. The van der Waals surface area contributed by atoms with Crippen LogP contribution < -0.4 is 4.90 Å². The Bertz CT molecular complexity index is 2980. The molecule has 0 atom stereocenters. The molecule has 0 radical (unpaired) electrons. The van der Waals surface area contributed by atoms with E-state index in [9.17, 15) is 0 Å². The van der Waals surface area contributed by atoms with Gasteiger partial charge in [0, 0.05) is 33.8 Å². The highest BCUT2D eigenvalue weighted by molar-refractivity contribution is 6.19. The van der Waals surface area contributed by atoms with Crippen LogP contribution in [0.4, 0.5) is 17.1 Å². The third-order valence-corrected chi connectivity index (χ3v) is 11.5. The van der Waals surface area contributed by atoms with Gasteiger partial charge in [0.05, 0.1) is 11.1 Å². The minimum atomic E-state index is -0.503. The molecule has 1 heterocycles. The third kappa shape index (κ3) is 4.75. The van der Waals surface area contributed by atoms with Crippen molar-refractivity contribution in [1.82, 2.24) is 0 Å². The molecule has 0 aliphatic heterocycles. The molecule has 1 aromatic heterocycles. The van der Waals surface area contributed by atoms with Crippen LogP contribution in [0.5, 0.6) is 0 Å². The van der Waals surface area contributed by atoms with Crippen LogP contribution >= 0.6 is 0 Å². The second-order valence-corrected chi connectivity index (χ2v) is 14.4. The fraction of sp³-hybridized carbons (Fsp3) is 0.0189. The van der Waals surface area contributed by atoms with Gasteiger partial charge in [0.2, 0.25) is 0 Å². The smallest absolute Gasteiger partial charge is 0.137 e. The maximum Gasteiger partial charge on any atom is 0.137 e. The molecule has 0 spiro atoms. The molecule has 11 rings (SSSR count). The maximum atomic E-state index is 6.67. The van der Waals surface area contributed by atoms with E-state index in [1.54, 1.807) is 0 Å². The number of anilines is 3. The molecule has 0 bridgehead atoms. The molecule has 2 nitrogen and oxygen atoms in total. The molecule has 0 N–H and O–H groups in total. The zero-order valence-electron chi connectivity index (χ0n) is 30.1. The Kier molecular flexibility index (Phi) is 7.11. The van der Waals surface area contributed by atoms with Gasteiger partial charge in [-0.1, -0.05) is 170 Å². The van der Waals surface area contributed by atoms with Crippen LogP contribution in [0, 0.1) is 0 Å². The SMILES string of the molecule is c1ccc(-c2ccc(N(c3ccc4c(c3)oc3ccc5ccccc5c34)c3cccc4c3-c3ccccc3C4(c3ccccc3)c3ccccc3)cc2)cc1. The van der Waals surface area contributed by atoms with Crippen molar-refractivity contribution in [2.45, 2.75) is 5.41 Å². The molecule has 55 heavy (non-hydrogen) atoms. The van der Waals surface area contributed by atoms with Gasteiger partial charge in [-0.05, 0) is 86.1 Å². The topological polar surface area (TPSA) is 16.4 Å². The summed E-state index contributed by atoms with van der Waals surface area (Å²) in [4.78, 5) is 2.42. The van der Waals surface area contributed by atoms with Crippen LogP contribution in [0.25, 0.3) is 55.0 Å². The first-order valence-electron chi connectivity index (χ1n) is 18.9. The van der Waals surface area contributed by atoms with E-state index in [1.165, 1.54) is 55.3 Å². The molecule has 1 aliphatic carbocycles. The Morgan fingerprint density at radius 2 is 1.02 bits per heavy atom. The molecule has 1 aliphatic rings. The summed E-state index contributed by atoms with van der Waals surface area (Å²) in [5.74, 6) is 0. The van der Waals surface area contributed by atoms with E-state index in [2.05, 4.69) is 217 Å². The molecule has 10 aromatic rings.